The molecule has 2 aromatic heterocycles. The highest BCUT2D eigenvalue weighted by Crippen LogP contribution is 2.47. The summed E-state index contributed by atoms with van der Waals surface area (Å²) in [5.41, 5.74) is 5.15. The van der Waals surface area contributed by atoms with Crippen LogP contribution in [0.4, 0.5) is 5.69 Å². The van der Waals surface area contributed by atoms with E-state index < -0.39 is 0 Å². The Morgan fingerprint density at radius 3 is 2.71 bits per heavy atom. The summed E-state index contributed by atoms with van der Waals surface area (Å²) in [6.07, 6.45) is 2.32. The van der Waals surface area contributed by atoms with Gasteiger partial charge in [0.1, 0.15) is 6.54 Å². The van der Waals surface area contributed by atoms with E-state index in [0.29, 0.717) is 0 Å². The first kappa shape index (κ1) is 19.7. The van der Waals surface area contributed by atoms with Crippen molar-refractivity contribution in [1.29, 1.82) is 0 Å². The smallest absolute Gasteiger partial charge is 0.212 e. The lowest BCUT2D eigenvalue weighted by Crippen LogP contribution is -3.00. The Morgan fingerprint density at radius 2 is 1.89 bits per heavy atom. The number of aryl methyl sites for hydroxylation is 2. The third-order valence-electron chi connectivity index (χ3n) is 5.25. The van der Waals surface area contributed by atoms with Crippen LogP contribution in [0.1, 0.15) is 18.2 Å². The van der Waals surface area contributed by atoms with Crippen molar-refractivity contribution in [2.45, 2.75) is 25.3 Å². The van der Waals surface area contributed by atoms with E-state index in [-0.39, 0.29) is 24.0 Å². The lowest BCUT2D eigenvalue weighted by molar-refractivity contribution is -0.669. The largest absolute Gasteiger partial charge is 1.00 e. The highest BCUT2D eigenvalue weighted by Gasteiger charge is 2.24. The first-order chi connectivity index (χ1) is 13.1. The summed E-state index contributed by atoms with van der Waals surface area (Å²) in [7, 11) is 2.17. The maximum Gasteiger partial charge on any atom is 0.212 e. The summed E-state index contributed by atoms with van der Waals surface area (Å²) in [6, 6.07) is 18.0. The fourth-order valence-corrected chi connectivity index (χ4v) is 5.74. The average Bonchev–Trinajstić information content (AvgIpc) is 3.24. The summed E-state index contributed by atoms with van der Waals surface area (Å²) in [5.74, 6) is 0. The molecular weight excluding hydrogens is 495 g/mol. The van der Waals surface area contributed by atoms with E-state index in [2.05, 4.69) is 90.3 Å². The molecule has 0 amide bonds. The molecule has 0 N–H and O–H groups in total. The van der Waals surface area contributed by atoms with Gasteiger partial charge in [-0.3, -0.25) is 0 Å². The van der Waals surface area contributed by atoms with Gasteiger partial charge in [0, 0.05) is 40.2 Å². The van der Waals surface area contributed by atoms with E-state index in [1.807, 2.05) is 23.1 Å². The molecule has 0 spiro atoms. The summed E-state index contributed by atoms with van der Waals surface area (Å²) in [4.78, 5) is 3.66. The van der Waals surface area contributed by atoms with Gasteiger partial charge in [-0.25, -0.2) is 0 Å². The first-order valence-corrected chi connectivity index (χ1v) is 10.9. The molecular formula is C23H21IN2S2. The molecule has 0 fully saturated rings. The molecule has 0 bridgehead atoms. The van der Waals surface area contributed by atoms with Crippen molar-refractivity contribution >= 4 is 55.9 Å². The molecule has 0 saturated carbocycles. The minimum atomic E-state index is 0. The molecule has 0 radical (unpaired) electrons. The van der Waals surface area contributed by atoms with Gasteiger partial charge in [0.25, 0.3) is 0 Å². The fourth-order valence-electron chi connectivity index (χ4n) is 3.81. The SMILES string of the molecule is CC[n+]1c(/C=C2\Sc3cc4ccsc4cc3N2C)ccc2cc(C)ccc21.[I-]. The Kier molecular flexibility index (Phi) is 5.42. The van der Waals surface area contributed by atoms with Crippen LogP contribution in [-0.2, 0) is 6.54 Å². The zero-order chi connectivity index (χ0) is 18.5. The summed E-state index contributed by atoms with van der Waals surface area (Å²) in [5, 5.41) is 6.08. The molecule has 2 aromatic carbocycles. The minimum absolute atomic E-state index is 0. The number of pyridine rings is 1. The predicted molar refractivity (Wildman–Crippen MR) is 119 cm³/mol. The zero-order valence-electron chi connectivity index (χ0n) is 16.1. The van der Waals surface area contributed by atoms with Crippen molar-refractivity contribution in [1.82, 2.24) is 0 Å². The average molecular weight is 516 g/mol. The maximum absolute atomic E-state index is 2.40. The van der Waals surface area contributed by atoms with Crippen LogP contribution in [-0.4, -0.2) is 7.05 Å². The normalized spacial score (nSPS) is 14.7. The number of nitrogens with zero attached hydrogens (tertiary/aromatic N) is 2. The number of anilines is 1. The number of fused-ring (bicyclic) bond motifs is 3. The second kappa shape index (κ2) is 7.69. The standard InChI is InChI=1S/C23H21N2S2.HI/c1-4-25-18(7-6-16-11-15(2)5-8-19(16)25)13-23-24(3)20-14-21-17(9-10-26-21)12-22(20)27-23;/h5-14H,4H2,1-3H3;1H/q+1;/p-1. The second-order valence-corrected chi connectivity index (χ2v) is 9.00. The van der Waals surface area contributed by atoms with Gasteiger partial charge in [-0.1, -0.05) is 23.4 Å². The van der Waals surface area contributed by atoms with E-state index in [9.17, 15) is 0 Å². The van der Waals surface area contributed by atoms with Crippen molar-refractivity contribution in [2.24, 2.45) is 0 Å². The van der Waals surface area contributed by atoms with E-state index in [0.717, 1.165) is 6.54 Å². The number of aromatic nitrogens is 1. The van der Waals surface area contributed by atoms with Gasteiger partial charge in [-0.2, -0.15) is 4.57 Å². The Hall–Kier alpha value is -1.57. The van der Waals surface area contributed by atoms with Crippen LogP contribution in [0, 0.1) is 6.92 Å². The molecule has 2 nitrogen and oxygen atoms in total. The topological polar surface area (TPSA) is 7.12 Å². The number of hydrogen-bond acceptors (Lipinski definition) is 3. The Morgan fingerprint density at radius 1 is 1.04 bits per heavy atom. The van der Waals surface area contributed by atoms with E-state index in [4.69, 9.17) is 0 Å². The molecule has 0 saturated heterocycles. The van der Waals surface area contributed by atoms with Gasteiger partial charge in [0.05, 0.1) is 10.7 Å². The fraction of sp³-hybridized carbons (Fsp3) is 0.174. The van der Waals surface area contributed by atoms with Crippen molar-refractivity contribution < 1.29 is 28.5 Å². The molecule has 5 heteroatoms. The van der Waals surface area contributed by atoms with Crippen LogP contribution in [0.25, 0.3) is 27.1 Å². The minimum Gasteiger partial charge on any atom is -1.00 e. The number of thioether (sulfide) groups is 1. The van der Waals surface area contributed by atoms with Crippen LogP contribution < -0.4 is 33.4 Å². The molecule has 3 heterocycles. The van der Waals surface area contributed by atoms with Gasteiger partial charge in [0.2, 0.25) is 11.2 Å². The molecule has 0 aliphatic carbocycles. The third kappa shape index (κ3) is 3.23. The van der Waals surface area contributed by atoms with Crippen LogP contribution in [0.15, 0.2) is 63.8 Å². The van der Waals surface area contributed by atoms with Crippen LogP contribution in [0.2, 0.25) is 0 Å². The molecule has 0 atom stereocenters. The summed E-state index contributed by atoms with van der Waals surface area (Å²) in [6.45, 7) is 5.32. The van der Waals surface area contributed by atoms with Crippen molar-refractivity contribution in [3.63, 3.8) is 0 Å². The first-order valence-electron chi connectivity index (χ1n) is 9.22. The number of halogens is 1. The van der Waals surface area contributed by atoms with Crippen molar-refractivity contribution in [3.8, 4) is 0 Å². The van der Waals surface area contributed by atoms with E-state index >= 15 is 0 Å². The molecule has 0 unspecified atom stereocenters. The molecule has 1 aliphatic heterocycles. The lowest BCUT2D eigenvalue weighted by Gasteiger charge is -2.13. The highest BCUT2D eigenvalue weighted by molar-refractivity contribution is 8.03. The molecule has 4 aromatic rings. The van der Waals surface area contributed by atoms with Crippen LogP contribution >= 0.6 is 23.1 Å². The summed E-state index contributed by atoms with van der Waals surface area (Å²) >= 11 is 3.67. The molecule has 1 aliphatic rings. The predicted octanol–water partition coefficient (Wildman–Crippen LogP) is 3.21. The number of thiophene rings is 1. The highest BCUT2D eigenvalue weighted by atomic mass is 127. The molecule has 28 heavy (non-hydrogen) atoms. The Bertz CT molecular complexity index is 1230. The zero-order valence-corrected chi connectivity index (χ0v) is 19.9. The second-order valence-electron chi connectivity index (χ2n) is 6.99. The van der Waals surface area contributed by atoms with Crippen molar-refractivity contribution in [2.75, 3.05) is 11.9 Å². The number of rotatable bonds is 2. The molecule has 142 valence electrons. The van der Waals surface area contributed by atoms with Crippen LogP contribution in [0.3, 0.4) is 0 Å². The van der Waals surface area contributed by atoms with Gasteiger partial charge in [-0.05, 0) is 54.9 Å². The van der Waals surface area contributed by atoms with E-state index in [1.54, 1.807) is 0 Å². The number of benzene rings is 2. The lowest BCUT2D eigenvalue weighted by atomic mass is 10.1. The number of hydrogen-bond donors (Lipinski definition) is 0. The van der Waals surface area contributed by atoms with E-state index in [1.165, 1.54) is 47.9 Å². The monoisotopic (exact) mass is 516 g/mol. The van der Waals surface area contributed by atoms with Crippen molar-refractivity contribution in [3.05, 3.63) is 70.2 Å². The van der Waals surface area contributed by atoms with Gasteiger partial charge in [0.15, 0.2) is 0 Å². The Labute approximate surface area is 190 Å². The third-order valence-corrected chi connectivity index (χ3v) is 7.27. The summed E-state index contributed by atoms with van der Waals surface area (Å²) < 4.78 is 3.75. The van der Waals surface area contributed by atoms with Gasteiger partial charge >= 0.3 is 0 Å². The Balaban J connectivity index is 0.00000192. The van der Waals surface area contributed by atoms with Crippen LogP contribution in [0.5, 0.6) is 0 Å². The molecule has 5 rings (SSSR count). The quantitative estimate of drug-likeness (QED) is 0.299. The maximum atomic E-state index is 2.40. The van der Waals surface area contributed by atoms with Gasteiger partial charge in [-0.15, -0.1) is 11.3 Å². The van der Waals surface area contributed by atoms with Gasteiger partial charge < -0.3 is 28.9 Å².